The monoisotopic (exact) mass is 370 g/mol. The van der Waals surface area contributed by atoms with Crippen molar-refractivity contribution in [3.8, 4) is 11.4 Å². The van der Waals surface area contributed by atoms with Gasteiger partial charge in [0.1, 0.15) is 0 Å². The molecule has 0 aliphatic heterocycles. The molecule has 2 heterocycles. The lowest BCUT2D eigenvalue weighted by atomic mass is 9.69. The van der Waals surface area contributed by atoms with Crippen LogP contribution in [0.15, 0.2) is 29.0 Å². The normalized spacial score (nSPS) is 20.4. The predicted octanol–water partition coefficient (Wildman–Crippen LogP) is 4.18. The zero-order chi connectivity index (χ0) is 19.3. The summed E-state index contributed by atoms with van der Waals surface area (Å²) in [5.41, 5.74) is 1.21. The average Bonchev–Trinajstić information content (AvgIpc) is 3.17. The number of rotatable bonds is 7. The Hall–Kier alpha value is -2.24. The summed E-state index contributed by atoms with van der Waals surface area (Å²) >= 11 is 0. The van der Waals surface area contributed by atoms with Gasteiger partial charge >= 0.3 is 0 Å². The van der Waals surface area contributed by atoms with E-state index in [1.165, 1.54) is 19.3 Å². The quantitative estimate of drug-likeness (QED) is 0.791. The van der Waals surface area contributed by atoms with Gasteiger partial charge in [0, 0.05) is 36.8 Å². The molecule has 0 spiro atoms. The van der Waals surface area contributed by atoms with Crippen molar-refractivity contribution in [2.24, 2.45) is 11.3 Å². The number of nitrogens with zero attached hydrogens (tertiary/aromatic N) is 3. The molecule has 1 N–H and O–H groups in total. The van der Waals surface area contributed by atoms with Gasteiger partial charge in [0.15, 0.2) is 0 Å². The zero-order valence-corrected chi connectivity index (χ0v) is 16.6. The molecule has 1 amide bonds. The molecule has 0 saturated heterocycles. The molecule has 6 nitrogen and oxygen atoms in total. The van der Waals surface area contributed by atoms with Gasteiger partial charge in [-0.3, -0.25) is 9.78 Å². The number of carbonyl (C=O) groups excluding carboxylic acids is 1. The maximum absolute atomic E-state index is 12.3. The van der Waals surface area contributed by atoms with Gasteiger partial charge in [-0.15, -0.1) is 0 Å². The molecule has 0 bridgehead atoms. The van der Waals surface area contributed by atoms with Gasteiger partial charge in [0.05, 0.1) is 0 Å². The first-order chi connectivity index (χ1) is 13.0. The van der Waals surface area contributed by atoms with E-state index in [0.717, 1.165) is 24.3 Å². The molecular formula is C21H30N4O2. The average molecular weight is 370 g/mol. The van der Waals surface area contributed by atoms with E-state index in [9.17, 15) is 4.79 Å². The highest BCUT2D eigenvalue weighted by Gasteiger charge is 2.32. The highest BCUT2D eigenvalue weighted by Crippen LogP contribution is 2.40. The third-order valence-corrected chi connectivity index (χ3v) is 6.06. The van der Waals surface area contributed by atoms with E-state index in [1.807, 2.05) is 12.1 Å². The van der Waals surface area contributed by atoms with Gasteiger partial charge in [-0.2, -0.15) is 4.98 Å². The van der Waals surface area contributed by atoms with Crippen molar-refractivity contribution in [3.05, 3.63) is 30.4 Å². The van der Waals surface area contributed by atoms with Crippen LogP contribution in [0, 0.1) is 11.3 Å². The molecule has 27 heavy (non-hydrogen) atoms. The van der Waals surface area contributed by atoms with Crippen molar-refractivity contribution in [2.75, 3.05) is 0 Å². The van der Waals surface area contributed by atoms with Crippen LogP contribution in [0.4, 0.5) is 0 Å². The first kappa shape index (κ1) is 19.5. The Bertz CT molecular complexity index is 734. The van der Waals surface area contributed by atoms with E-state index in [4.69, 9.17) is 4.52 Å². The molecule has 0 unspecified atom stereocenters. The largest absolute Gasteiger partial charge is 0.353 e. The van der Waals surface area contributed by atoms with Gasteiger partial charge < -0.3 is 9.84 Å². The number of aromatic nitrogens is 3. The summed E-state index contributed by atoms with van der Waals surface area (Å²) in [7, 11) is 0. The summed E-state index contributed by atoms with van der Waals surface area (Å²) < 4.78 is 5.25. The van der Waals surface area contributed by atoms with Crippen LogP contribution in [0.25, 0.3) is 11.4 Å². The van der Waals surface area contributed by atoms with Crippen molar-refractivity contribution in [2.45, 2.75) is 71.8 Å². The van der Waals surface area contributed by atoms with Gasteiger partial charge in [0.25, 0.3) is 0 Å². The van der Waals surface area contributed by atoms with E-state index >= 15 is 0 Å². The molecule has 1 aliphatic carbocycles. The lowest BCUT2D eigenvalue weighted by Crippen LogP contribution is -2.40. The fourth-order valence-electron chi connectivity index (χ4n) is 3.80. The lowest BCUT2D eigenvalue weighted by Gasteiger charge is -2.39. The van der Waals surface area contributed by atoms with Crippen molar-refractivity contribution in [1.29, 1.82) is 0 Å². The van der Waals surface area contributed by atoms with Crippen LogP contribution in [0.5, 0.6) is 0 Å². The molecule has 2 aromatic rings. The minimum absolute atomic E-state index is 0.0642. The van der Waals surface area contributed by atoms with Crippen LogP contribution in [0.3, 0.4) is 0 Å². The topological polar surface area (TPSA) is 80.9 Å². The van der Waals surface area contributed by atoms with Crippen LogP contribution >= 0.6 is 0 Å². The summed E-state index contributed by atoms with van der Waals surface area (Å²) in [5, 5.41) is 7.14. The predicted molar refractivity (Wildman–Crippen MR) is 104 cm³/mol. The Kier molecular flexibility index (Phi) is 6.24. The highest BCUT2D eigenvalue weighted by atomic mass is 16.5. The van der Waals surface area contributed by atoms with E-state index in [2.05, 4.69) is 41.2 Å². The number of hydrogen-bond acceptors (Lipinski definition) is 5. The second kappa shape index (κ2) is 8.63. The van der Waals surface area contributed by atoms with Crippen LogP contribution in [0.1, 0.15) is 65.2 Å². The Balaban J connectivity index is 1.43. The second-order valence-corrected chi connectivity index (χ2v) is 8.21. The van der Waals surface area contributed by atoms with Crippen molar-refractivity contribution >= 4 is 5.91 Å². The first-order valence-electron chi connectivity index (χ1n) is 10.0. The number of amides is 1. The smallest absolute Gasteiger partial charge is 0.227 e. The number of aryl methyl sites for hydroxylation is 1. The SMILES string of the molecule is CCC(C)(C)C1CCC(NC(=O)CCc2nc(-c3cccnc3)no2)CC1. The lowest BCUT2D eigenvalue weighted by molar-refractivity contribution is -0.122. The number of nitrogens with one attached hydrogen (secondary N) is 1. The number of hydrogen-bond donors (Lipinski definition) is 1. The van der Waals surface area contributed by atoms with Crippen LogP contribution in [-0.2, 0) is 11.2 Å². The Morgan fingerprint density at radius 2 is 2.07 bits per heavy atom. The molecule has 0 radical (unpaired) electrons. The molecule has 0 atom stereocenters. The highest BCUT2D eigenvalue weighted by molar-refractivity contribution is 5.76. The van der Waals surface area contributed by atoms with E-state index in [1.54, 1.807) is 12.4 Å². The number of pyridine rings is 1. The molecule has 146 valence electrons. The van der Waals surface area contributed by atoms with Crippen molar-refractivity contribution in [1.82, 2.24) is 20.4 Å². The molecule has 3 rings (SSSR count). The van der Waals surface area contributed by atoms with Gasteiger partial charge in [-0.1, -0.05) is 32.3 Å². The Labute approximate surface area is 161 Å². The van der Waals surface area contributed by atoms with E-state index in [0.29, 0.717) is 36.0 Å². The molecule has 1 aliphatic rings. The summed E-state index contributed by atoms with van der Waals surface area (Å²) in [4.78, 5) is 20.7. The summed E-state index contributed by atoms with van der Waals surface area (Å²) in [6, 6.07) is 4.01. The fraction of sp³-hybridized carbons (Fsp3) is 0.619. The molecule has 2 aromatic heterocycles. The first-order valence-corrected chi connectivity index (χ1v) is 10.0. The Morgan fingerprint density at radius 3 is 2.74 bits per heavy atom. The van der Waals surface area contributed by atoms with Crippen molar-refractivity contribution < 1.29 is 9.32 Å². The van der Waals surface area contributed by atoms with Crippen molar-refractivity contribution in [3.63, 3.8) is 0 Å². The van der Waals surface area contributed by atoms with Gasteiger partial charge in [-0.05, 0) is 49.1 Å². The van der Waals surface area contributed by atoms with Gasteiger partial charge in [-0.25, -0.2) is 0 Å². The van der Waals surface area contributed by atoms with Crippen LogP contribution in [0.2, 0.25) is 0 Å². The molecule has 0 aromatic carbocycles. The number of carbonyl (C=O) groups is 1. The molecule has 1 saturated carbocycles. The minimum Gasteiger partial charge on any atom is -0.353 e. The maximum atomic E-state index is 12.3. The Morgan fingerprint density at radius 1 is 1.30 bits per heavy atom. The third kappa shape index (κ3) is 5.15. The standard InChI is InChI=1S/C21H30N4O2/c1-4-21(2,3)16-7-9-17(10-8-16)23-18(26)11-12-19-24-20(25-27-19)15-6-5-13-22-14-15/h5-6,13-14,16-17H,4,7-12H2,1-3H3,(H,23,26). The summed E-state index contributed by atoms with van der Waals surface area (Å²) in [5.74, 6) is 1.82. The summed E-state index contributed by atoms with van der Waals surface area (Å²) in [6.45, 7) is 6.99. The van der Waals surface area contributed by atoms with Gasteiger partial charge in [0.2, 0.25) is 17.6 Å². The van der Waals surface area contributed by atoms with Crippen LogP contribution < -0.4 is 5.32 Å². The third-order valence-electron chi connectivity index (χ3n) is 6.06. The molecule has 1 fully saturated rings. The summed E-state index contributed by atoms with van der Waals surface area (Å²) in [6.07, 6.45) is 9.97. The maximum Gasteiger partial charge on any atom is 0.227 e. The van der Waals surface area contributed by atoms with Crippen LogP contribution in [-0.4, -0.2) is 27.1 Å². The zero-order valence-electron chi connectivity index (χ0n) is 16.6. The second-order valence-electron chi connectivity index (χ2n) is 8.21. The fourth-order valence-corrected chi connectivity index (χ4v) is 3.80. The molecule has 6 heteroatoms. The minimum atomic E-state index is 0.0642. The van der Waals surface area contributed by atoms with E-state index < -0.39 is 0 Å². The molecular weight excluding hydrogens is 340 g/mol. The van der Waals surface area contributed by atoms with E-state index in [-0.39, 0.29) is 5.91 Å².